The van der Waals surface area contributed by atoms with Crippen LogP contribution in [0.3, 0.4) is 0 Å². The molecule has 0 atom stereocenters. The number of aromatic amines is 1. The molecule has 0 fully saturated rings. The first-order chi connectivity index (χ1) is 10.2. The Morgan fingerprint density at radius 1 is 1.33 bits per heavy atom. The third-order valence-electron chi connectivity index (χ3n) is 2.78. The van der Waals surface area contributed by atoms with Gasteiger partial charge in [0.2, 0.25) is 0 Å². The molecule has 2 aromatic rings. The number of rotatable bonds is 3. The summed E-state index contributed by atoms with van der Waals surface area (Å²) >= 11 is 0. The maximum atomic E-state index is 11.9. The van der Waals surface area contributed by atoms with Gasteiger partial charge in [0.15, 0.2) is 5.43 Å². The van der Waals surface area contributed by atoms with E-state index in [4.69, 9.17) is 5.73 Å². The molecule has 0 aliphatic heterocycles. The van der Waals surface area contributed by atoms with Crippen LogP contribution in [0.5, 0.6) is 0 Å². The smallest absolute Gasteiger partial charge is 0.257 e. The van der Waals surface area contributed by atoms with Crippen molar-refractivity contribution in [3.05, 3.63) is 69.6 Å². The molecule has 0 aliphatic carbocycles. The van der Waals surface area contributed by atoms with E-state index in [2.05, 4.69) is 22.1 Å². The topological polar surface area (TPSA) is 88.0 Å². The fraction of sp³-hybridized carbons (Fsp3) is 0.125. The largest absolute Gasteiger partial charge is 0.367 e. The van der Waals surface area contributed by atoms with E-state index >= 15 is 0 Å². The number of amides is 1. The van der Waals surface area contributed by atoms with Crippen LogP contribution in [-0.2, 0) is 6.54 Å². The van der Waals surface area contributed by atoms with Gasteiger partial charge in [0.05, 0.1) is 6.54 Å². The van der Waals surface area contributed by atoms with Crippen LogP contribution in [-0.4, -0.2) is 17.4 Å². The Balaban J connectivity index is 2.05. The molecular formula is C16H15N3O2. The van der Waals surface area contributed by atoms with Crippen LogP contribution in [0.25, 0.3) is 0 Å². The molecule has 0 bridgehead atoms. The number of nitrogens with two attached hydrogens (primary N) is 1. The molecule has 0 saturated carbocycles. The number of benzene rings is 1. The van der Waals surface area contributed by atoms with Gasteiger partial charge in [-0.15, -0.1) is 0 Å². The molecule has 0 saturated heterocycles. The van der Waals surface area contributed by atoms with Gasteiger partial charge in [-0.1, -0.05) is 24.0 Å². The van der Waals surface area contributed by atoms with Gasteiger partial charge >= 0.3 is 0 Å². The minimum atomic E-state index is -0.407. The molecule has 5 nitrogen and oxygen atoms in total. The van der Waals surface area contributed by atoms with Gasteiger partial charge in [0, 0.05) is 30.6 Å². The van der Waals surface area contributed by atoms with E-state index in [0.29, 0.717) is 13.1 Å². The third kappa shape index (κ3) is 4.06. The Labute approximate surface area is 122 Å². The molecule has 1 amide bonds. The molecule has 2 rings (SSSR count). The zero-order valence-corrected chi connectivity index (χ0v) is 11.3. The molecule has 0 spiro atoms. The predicted octanol–water partition coefficient (Wildman–Crippen LogP) is 0.615. The van der Waals surface area contributed by atoms with E-state index in [9.17, 15) is 9.59 Å². The van der Waals surface area contributed by atoms with Crippen molar-refractivity contribution in [1.29, 1.82) is 0 Å². The normalized spacial score (nSPS) is 9.57. The second kappa shape index (κ2) is 7.08. The standard InChI is InChI=1S/C16H15N3O2/c17-7-2-5-12-3-1-4-13(9-12)10-19-16(21)14-11-18-8-6-15(14)20/h1,3-4,6,8-9,11H,7,10,17H2,(H,18,20)(H,19,21). The van der Waals surface area contributed by atoms with E-state index in [1.54, 1.807) is 0 Å². The van der Waals surface area contributed by atoms with Crippen molar-refractivity contribution in [3.63, 3.8) is 0 Å². The number of nitrogens with one attached hydrogen (secondary N) is 2. The lowest BCUT2D eigenvalue weighted by Gasteiger charge is -2.05. The summed E-state index contributed by atoms with van der Waals surface area (Å²) in [6.45, 7) is 0.628. The van der Waals surface area contributed by atoms with E-state index in [1.165, 1.54) is 18.5 Å². The molecular weight excluding hydrogens is 266 g/mol. The van der Waals surface area contributed by atoms with Crippen LogP contribution in [0.4, 0.5) is 0 Å². The van der Waals surface area contributed by atoms with Crippen molar-refractivity contribution >= 4 is 5.91 Å². The summed E-state index contributed by atoms with van der Waals surface area (Å²) in [6.07, 6.45) is 2.87. The van der Waals surface area contributed by atoms with Crippen LogP contribution in [0.1, 0.15) is 21.5 Å². The predicted molar refractivity (Wildman–Crippen MR) is 80.6 cm³/mol. The quantitative estimate of drug-likeness (QED) is 0.720. The van der Waals surface area contributed by atoms with Crippen molar-refractivity contribution in [2.45, 2.75) is 6.54 Å². The lowest BCUT2D eigenvalue weighted by atomic mass is 10.1. The Morgan fingerprint density at radius 3 is 2.95 bits per heavy atom. The highest BCUT2D eigenvalue weighted by Gasteiger charge is 2.08. The molecule has 0 radical (unpaired) electrons. The highest BCUT2D eigenvalue weighted by molar-refractivity contribution is 5.93. The molecule has 4 N–H and O–H groups in total. The average Bonchev–Trinajstić information content (AvgIpc) is 2.51. The fourth-order valence-electron chi connectivity index (χ4n) is 1.78. The van der Waals surface area contributed by atoms with Crippen molar-refractivity contribution in [3.8, 4) is 11.8 Å². The summed E-state index contributed by atoms with van der Waals surface area (Å²) in [5.41, 5.74) is 6.85. The fourth-order valence-corrected chi connectivity index (χ4v) is 1.78. The number of hydrogen-bond donors (Lipinski definition) is 3. The van der Waals surface area contributed by atoms with Crippen molar-refractivity contribution < 1.29 is 4.79 Å². The van der Waals surface area contributed by atoms with Crippen LogP contribution in [0.2, 0.25) is 0 Å². The number of hydrogen-bond acceptors (Lipinski definition) is 3. The summed E-state index contributed by atoms with van der Waals surface area (Å²) in [5.74, 6) is 5.30. The van der Waals surface area contributed by atoms with Crippen LogP contribution < -0.4 is 16.5 Å². The van der Waals surface area contributed by atoms with Gasteiger partial charge < -0.3 is 16.0 Å². The molecule has 106 valence electrons. The molecule has 0 unspecified atom stereocenters. The zero-order valence-electron chi connectivity index (χ0n) is 11.3. The van der Waals surface area contributed by atoms with Crippen LogP contribution in [0.15, 0.2) is 47.5 Å². The van der Waals surface area contributed by atoms with E-state index in [-0.39, 0.29) is 11.0 Å². The maximum Gasteiger partial charge on any atom is 0.257 e. The molecule has 0 aliphatic rings. The molecule has 21 heavy (non-hydrogen) atoms. The number of carbonyl (C=O) groups excluding carboxylic acids is 1. The SMILES string of the molecule is NCC#Cc1cccc(CNC(=O)c2c[nH]ccc2=O)c1. The Kier molecular flexibility index (Phi) is 4.91. The number of carbonyl (C=O) groups is 1. The highest BCUT2D eigenvalue weighted by atomic mass is 16.2. The lowest BCUT2D eigenvalue weighted by molar-refractivity contribution is 0.0949. The summed E-state index contributed by atoms with van der Waals surface area (Å²) in [4.78, 5) is 26.2. The number of pyridine rings is 1. The monoisotopic (exact) mass is 281 g/mol. The van der Waals surface area contributed by atoms with Crippen LogP contribution in [0, 0.1) is 11.8 Å². The van der Waals surface area contributed by atoms with Gasteiger partial charge in [0.1, 0.15) is 5.56 Å². The van der Waals surface area contributed by atoms with Gasteiger partial charge in [-0.3, -0.25) is 9.59 Å². The minimum absolute atomic E-state index is 0.0941. The second-order valence-corrected chi connectivity index (χ2v) is 4.31. The zero-order chi connectivity index (χ0) is 15.1. The first-order valence-corrected chi connectivity index (χ1v) is 6.44. The first-order valence-electron chi connectivity index (χ1n) is 6.44. The van der Waals surface area contributed by atoms with Crippen molar-refractivity contribution in [2.75, 3.05) is 6.54 Å². The van der Waals surface area contributed by atoms with Crippen molar-refractivity contribution in [2.24, 2.45) is 5.73 Å². The number of aromatic nitrogens is 1. The first kappa shape index (κ1) is 14.6. The van der Waals surface area contributed by atoms with E-state index in [1.807, 2.05) is 24.3 Å². The summed E-state index contributed by atoms with van der Waals surface area (Å²) in [6, 6.07) is 8.80. The van der Waals surface area contributed by atoms with E-state index < -0.39 is 5.91 Å². The lowest BCUT2D eigenvalue weighted by Crippen LogP contribution is -2.27. The second-order valence-electron chi connectivity index (χ2n) is 4.31. The summed E-state index contributed by atoms with van der Waals surface area (Å²) < 4.78 is 0. The molecule has 5 heteroatoms. The van der Waals surface area contributed by atoms with Gasteiger partial charge in [-0.2, -0.15) is 0 Å². The third-order valence-corrected chi connectivity index (χ3v) is 2.78. The van der Waals surface area contributed by atoms with Gasteiger partial charge in [-0.05, 0) is 17.7 Å². The Bertz CT molecular complexity index is 754. The molecule has 1 aromatic heterocycles. The highest BCUT2D eigenvalue weighted by Crippen LogP contribution is 2.04. The Hall–Kier alpha value is -2.84. The van der Waals surface area contributed by atoms with Crippen LogP contribution >= 0.6 is 0 Å². The average molecular weight is 281 g/mol. The van der Waals surface area contributed by atoms with E-state index in [0.717, 1.165) is 11.1 Å². The molecule has 1 heterocycles. The minimum Gasteiger partial charge on any atom is -0.367 e. The summed E-state index contributed by atoms with van der Waals surface area (Å²) in [5, 5.41) is 2.71. The van der Waals surface area contributed by atoms with Gasteiger partial charge in [-0.25, -0.2) is 0 Å². The summed E-state index contributed by atoms with van der Waals surface area (Å²) in [7, 11) is 0. The van der Waals surface area contributed by atoms with Gasteiger partial charge in [0.25, 0.3) is 5.91 Å². The Morgan fingerprint density at radius 2 is 2.19 bits per heavy atom. The molecule has 1 aromatic carbocycles. The van der Waals surface area contributed by atoms with Crippen molar-refractivity contribution in [1.82, 2.24) is 10.3 Å². The number of H-pyrrole nitrogens is 1. The maximum absolute atomic E-state index is 11.9.